The zero-order valence-corrected chi connectivity index (χ0v) is 21.9. The molecule has 0 bridgehead atoms. The van der Waals surface area contributed by atoms with E-state index < -0.39 is 16.2 Å². The molecule has 2 aromatic carbocycles. The summed E-state index contributed by atoms with van der Waals surface area (Å²) in [5, 5.41) is 18.0. The number of pyridine rings is 1. The van der Waals surface area contributed by atoms with Crippen LogP contribution in [0.15, 0.2) is 48.7 Å². The lowest BCUT2D eigenvalue weighted by molar-refractivity contribution is 0.0287. The van der Waals surface area contributed by atoms with Crippen molar-refractivity contribution < 1.29 is 23.7 Å². The summed E-state index contributed by atoms with van der Waals surface area (Å²) in [6, 6.07) is 13.1. The lowest BCUT2D eigenvalue weighted by atomic mass is 9.97. The van der Waals surface area contributed by atoms with E-state index in [0.29, 0.717) is 37.4 Å². The van der Waals surface area contributed by atoms with E-state index in [-0.39, 0.29) is 17.4 Å². The van der Waals surface area contributed by atoms with E-state index in [1.165, 1.54) is 12.8 Å². The van der Waals surface area contributed by atoms with Gasteiger partial charge in [0.25, 0.3) is 5.91 Å². The lowest BCUT2D eigenvalue weighted by Gasteiger charge is -2.43. The molecule has 37 heavy (non-hydrogen) atoms. The normalized spacial score (nSPS) is 19.4. The number of carbonyl (C=O) groups is 1. The Kier molecular flexibility index (Phi) is 7.42. The Hall–Kier alpha value is -2.69. The Balaban J connectivity index is 1.18. The molecule has 3 aromatic rings. The van der Waals surface area contributed by atoms with Crippen LogP contribution >= 0.6 is 10.6 Å². The molecule has 1 amide bonds. The molecule has 8 nitrogen and oxygen atoms in total. The monoisotopic (exact) mass is 525 g/mol. The van der Waals surface area contributed by atoms with E-state index in [0.717, 1.165) is 40.1 Å². The lowest BCUT2D eigenvalue weighted by Crippen LogP contribution is -2.45. The molecule has 1 saturated heterocycles. The fourth-order valence-corrected chi connectivity index (χ4v) is 6.19. The number of aromatic nitrogens is 1. The molecule has 1 saturated carbocycles. The fraction of sp³-hybridized carbons (Fsp3) is 0.429. The van der Waals surface area contributed by atoms with E-state index in [9.17, 15) is 19.0 Å². The number of rotatable bonds is 9. The number of nitrogens with zero attached hydrogens (tertiary/aromatic N) is 1. The zero-order chi connectivity index (χ0) is 26.0. The largest absolute Gasteiger partial charge is 0.493 e. The van der Waals surface area contributed by atoms with Gasteiger partial charge in [-0.25, -0.2) is 0 Å². The summed E-state index contributed by atoms with van der Waals surface area (Å²) in [6.45, 7) is 3.61. The second-order valence-corrected chi connectivity index (χ2v) is 12.8. The maximum absolute atomic E-state index is 12.8. The minimum absolute atomic E-state index is 0.182. The van der Waals surface area contributed by atoms with Gasteiger partial charge in [-0.15, -0.1) is 0 Å². The van der Waals surface area contributed by atoms with Crippen molar-refractivity contribution >= 4 is 33.1 Å². The first-order chi connectivity index (χ1) is 17.7. The molecule has 198 valence electrons. The number of nitrogens with one attached hydrogen (secondary N) is 2. The molecule has 5 N–H and O–H groups in total. The number of anilines is 1. The average molecular weight is 526 g/mol. The van der Waals surface area contributed by atoms with Gasteiger partial charge >= 0.3 is 0 Å². The minimum atomic E-state index is -2.52. The number of hydrogen-bond donors (Lipinski definition) is 5. The molecule has 5 rings (SSSR count). The SMILES string of the molecule is Cc1c(NC(=O)c2ccc(OCC3CC3)cc2)ccc2cc(CNCC3(O)CCS(O)(O)CC3)cnc12. The van der Waals surface area contributed by atoms with Crippen LogP contribution in [0.25, 0.3) is 10.9 Å². The highest BCUT2D eigenvalue weighted by atomic mass is 32.3. The average Bonchev–Trinajstić information content (AvgIpc) is 3.72. The Bertz CT molecular complexity index is 1270. The third-order valence-corrected chi connectivity index (χ3v) is 9.00. The van der Waals surface area contributed by atoms with Gasteiger partial charge in [-0.1, -0.05) is 6.07 Å². The summed E-state index contributed by atoms with van der Waals surface area (Å²) in [4.78, 5) is 17.5. The van der Waals surface area contributed by atoms with Gasteiger partial charge in [-0.05, 0) is 86.1 Å². The molecule has 1 aliphatic heterocycles. The van der Waals surface area contributed by atoms with Gasteiger partial charge in [0, 0.05) is 47.4 Å². The van der Waals surface area contributed by atoms with E-state index in [4.69, 9.17) is 4.74 Å². The van der Waals surface area contributed by atoms with Crippen molar-refractivity contribution in [3.8, 4) is 5.75 Å². The second kappa shape index (κ2) is 10.6. The Morgan fingerprint density at radius 2 is 1.86 bits per heavy atom. The van der Waals surface area contributed by atoms with Crippen molar-refractivity contribution in [2.24, 2.45) is 5.92 Å². The predicted octanol–water partition coefficient (Wildman–Crippen LogP) is 4.95. The minimum Gasteiger partial charge on any atom is -0.493 e. The number of ether oxygens (including phenoxy) is 1. The molecule has 1 aromatic heterocycles. The number of carbonyl (C=O) groups excluding carboxylic acids is 1. The summed E-state index contributed by atoms with van der Waals surface area (Å²) >= 11 is 0. The summed E-state index contributed by atoms with van der Waals surface area (Å²) < 4.78 is 25.3. The summed E-state index contributed by atoms with van der Waals surface area (Å²) in [7, 11) is -2.52. The molecule has 2 heterocycles. The first-order valence-electron chi connectivity index (χ1n) is 12.8. The number of benzene rings is 2. The van der Waals surface area contributed by atoms with Crippen molar-refractivity contribution in [3.05, 3.63) is 65.4 Å². The summed E-state index contributed by atoms with van der Waals surface area (Å²) in [5.41, 5.74) is 3.07. The molecule has 0 radical (unpaired) electrons. The van der Waals surface area contributed by atoms with Crippen LogP contribution in [0, 0.1) is 12.8 Å². The van der Waals surface area contributed by atoms with Crippen molar-refractivity contribution in [3.63, 3.8) is 0 Å². The highest BCUT2D eigenvalue weighted by molar-refractivity contribution is 8.24. The Morgan fingerprint density at radius 3 is 2.57 bits per heavy atom. The van der Waals surface area contributed by atoms with E-state index in [2.05, 4.69) is 21.7 Å². The van der Waals surface area contributed by atoms with Crippen LogP contribution in [0.3, 0.4) is 0 Å². The molecule has 9 heteroatoms. The van der Waals surface area contributed by atoms with Gasteiger partial charge in [-0.3, -0.25) is 18.9 Å². The Labute approximate surface area is 218 Å². The van der Waals surface area contributed by atoms with Crippen LogP contribution in [0.5, 0.6) is 5.75 Å². The maximum Gasteiger partial charge on any atom is 0.255 e. The van der Waals surface area contributed by atoms with E-state index in [1.54, 1.807) is 18.3 Å². The van der Waals surface area contributed by atoms with Crippen molar-refractivity contribution in [2.45, 2.75) is 44.8 Å². The van der Waals surface area contributed by atoms with E-state index in [1.807, 2.05) is 31.2 Å². The number of aliphatic hydroxyl groups is 1. The highest BCUT2D eigenvalue weighted by Gasteiger charge is 2.35. The van der Waals surface area contributed by atoms with Crippen molar-refractivity contribution in [2.75, 3.05) is 30.0 Å². The van der Waals surface area contributed by atoms with Gasteiger partial charge in [0.05, 0.1) is 17.7 Å². The molecule has 0 spiro atoms. The highest BCUT2D eigenvalue weighted by Crippen LogP contribution is 2.46. The van der Waals surface area contributed by atoms with Crippen LogP contribution in [-0.4, -0.2) is 55.4 Å². The predicted molar refractivity (Wildman–Crippen MR) is 148 cm³/mol. The van der Waals surface area contributed by atoms with Crippen LogP contribution in [0.1, 0.15) is 47.2 Å². The molecule has 2 aliphatic rings. The zero-order valence-electron chi connectivity index (χ0n) is 21.1. The van der Waals surface area contributed by atoms with Crippen molar-refractivity contribution in [1.82, 2.24) is 10.3 Å². The summed E-state index contributed by atoms with van der Waals surface area (Å²) in [6.07, 6.45) is 5.04. The Morgan fingerprint density at radius 1 is 1.14 bits per heavy atom. The summed E-state index contributed by atoms with van der Waals surface area (Å²) in [5.74, 6) is 1.79. The molecule has 2 fully saturated rings. The van der Waals surface area contributed by atoms with Gasteiger partial charge < -0.3 is 20.5 Å². The van der Waals surface area contributed by atoms with Gasteiger partial charge in [0.2, 0.25) is 0 Å². The van der Waals surface area contributed by atoms with Crippen molar-refractivity contribution in [1.29, 1.82) is 0 Å². The van der Waals surface area contributed by atoms with E-state index >= 15 is 0 Å². The molecule has 0 unspecified atom stereocenters. The fourth-order valence-electron chi connectivity index (χ4n) is 4.57. The maximum atomic E-state index is 12.8. The third-order valence-electron chi connectivity index (χ3n) is 7.28. The van der Waals surface area contributed by atoms with Gasteiger partial charge in [0.15, 0.2) is 0 Å². The smallest absolute Gasteiger partial charge is 0.255 e. The first-order valence-corrected chi connectivity index (χ1v) is 14.7. The molecule has 1 aliphatic carbocycles. The quantitative estimate of drug-likeness (QED) is 0.268. The van der Waals surface area contributed by atoms with Gasteiger partial charge in [-0.2, -0.15) is 10.6 Å². The standard InChI is InChI=1S/C28H35N3O5S/c1-19-25(31-27(32)22-4-7-24(8-5-22)36-17-20-2-3-20)9-6-23-14-21(16-30-26(19)23)15-29-18-28(33)10-12-37(34,35)13-11-28/h4-9,14,16,20,29,33-35H,2-3,10-13,15,17-18H2,1H3,(H,31,32). The topological polar surface area (TPSA) is 124 Å². The third kappa shape index (κ3) is 6.61. The molecule has 0 atom stereocenters. The molecular formula is C28H35N3O5S. The number of aryl methyl sites for hydroxylation is 1. The van der Waals surface area contributed by atoms with Crippen LogP contribution in [0.4, 0.5) is 5.69 Å². The number of hydrogen-bond acceptors (Lipinski definition) is 7. The van der Waals surface area contributed by atoms with Crippen LogP contribution in [0.2, 0.25) is 0 Å². The number of fused-ring (bicyclic) bond motifs is 1. The van der Waals surface area contributed by atoms with Crippen LogP contribution < -0.4 is 15.4 Å². The second-order valence-electron chi connectivity index (χ2n) is 10.4. The van der Waals surface area contributed by atoms with Crippen LogP contribution in [-0.2, 0) is 6.54 Å². The molecular weight excluding hydrogens is 490 g/mol. The first kappa shape index (κ1) is 25.9. The van der Waals surface area contributed by atoms with Gasteiger partial charge in [0.1, 0.15) is 5.75 Å². The number of amides is 1.